The molecule has 0 radical (unpaired) electrons. The first-order valence-corrected chi connectivity index (χ1v) is 7.70. The van der Waals surface area contributed by atoms with Gasteiger partial charge in [0.05, 0.1) is 0 Å². The highest BCUT2D eigenvalue weighted by Gasteiger charge is 2.08. The van der Waals surface area contributed by atoms with E-state index in [1.54, 1.807) is 18.2 Å². The van der Waals surface area contributed by atoms with Crippen LogP contribution in [0.15, 0.2) is 36.7 Å². The fraction of sp³-hybridized carbons (Fsp3) is 0.312. The standard InChI is InChI=1S/C16H20ClN5O/c1-22(2)8-4-7-18-16(23)14-10-15(20-11-19-14)21-13-6-3-5-12(17)9-13/h3,5-6,9-11H,4,7-8H2,1-2H3,(H,18,23)(H,19,20,21). The van der Waals surface area contributed by atoms with Crippen LogP contribution >= 0.6 is 11.6 Å². The zero-order valence-electron chi connectivity index (χ0n) is 13.2. The summed E-state index contributed by atoms with van der Waals surface area (Å²) < 4.78 is 0. The lowest BCUT2D eigenvalue weighted by Gasteiger charge is -2.10. The van der Waals surface area contributed by atoms with Crippen molar-refractivity contribution in [3.8, 4) is 0 Å². The fourth-order valence-electron chi connectivity index (χ4n) is 1.95. The summed E-state index contributed by atoms with van der Waals surface area (Å²) in [6.07, 6.45) is 2.25. The first kappa shape index (κ1) is 17.2. The molecule has 0 spiro atoms. The molecule has 0 saturated heterocycles. The molecule has 6 nitrogen and oxygen atoms in total. The molecule has 122 valence electrons. The highest BCUT2D eigenvalue weighted by Crippen LogP contribution is 2.18. The Balaban J connectivity index is 1.95. The van der Waals surface area contributed by atoms with E-state index >= 15 is 0 Å². The predicted octanol–water partition coefficient (Wildman–Crippen LogP) is 2.56. The Labute approximate surface area is 140 Å². The van der Waals surface area contributed by atoms with Gasteiger partial charge < -0.3 is 15.5 Å². The smallest absolute Gasteiger partial charge is 0.270 e. The second kappa shape index (κ2) is 8.45. The lowest BCUT2D eigenvalue weighted by Crippen LogP contribution is -2.27. The number of carbonyl (C=O) groups excluding carboxylic acids is 1. The Morgan fingerprint density at radius 2 is 2.09 bits per heavy atom. The van der Waals surface area contributed by atoms with Gasteiger partial charge in [-0.15, -0.1) is 0 Å². The molecule has 1 aromatic carbocycles. The molecular formula is C16H20ClN5O. The van der Waals surface area contributed by atoms with E-state index < -0.39 is 0 Å². The van der Waals surface area contributed by atoms with E-state index in [0.29, 0.717) is 23.1 Å². The van der Waals surface area contributed by atoms with E-state index in [0.717, 1.165) is 18.7 Å². The minimum atomic E-state index is -0.208. The van der Waals surface area contributed by atoms with Gasteiger partial charge in [-0.3, -0.25) is 4.79 Å². The minimum Gasteiger partial charge on any atom is -0.351 e. The summed E-state index contributed by atoms with van der Waals surface area (Å²) in [5, 5.41) is 6.58. The monoisotopic (exact) mass is 333 g/mol. The zero-order valence-corrected chi connectivity index (χ0v) is 14.0. The van der Waals surface area contributed by atoms with E-state index in [1.165, 1.54) is 6.33 Å². The highest BCUT2D eigenvalue weighted by molar-refractivity contribution is 6.30. The van der Waals surface area contributed by atoms with Crippen LogP contribution in [-0.2, 0) is 0 Å². The van der Waals surface area contributed by atoms with Crippen molar-refractivity contribution in [1.29, 1.82) is 0 Å². The van der Waals surface area contributed by atoms with Gasteiger partial charge in [-0.05, 0) is 45.3 Å². The molecule has 1 amide bonds. The van der Waals surface area contributed by atoms with Crippen LogP contribution in [0.2, 0.25) is 5.02 Å². The number of amides is 1. The van der Waals surface area contributed by atoms with Gasteiger partial charge in [0.25, 0.3) is 5.91 Å². The number of halogens is 1. The van der Waals surface area contributed by atoms with Crippen molar-refractivity contribution in [3.63, 3.8) is 0 Å². The van der Waals surface area contributed by atoms with Crippen LogP contribution in [0.1, 0.15) is 16.9 Å². The first-order valence-electron chi connectivity index (χ1n) is 7.32. The number of aromatic nitrogens is 2. The van der Waals surface area contributed by atoms with Gasteiger partial charge in [-0.2, -0.15) is 0 Å². The maximum atomic E-state index is 12.1. The van der Waals surface area contributed by atoms with E-state index in [1.807, 2.05) is 26.2 Å². The number of nitrogens with zero attached hydrogens (tertiary/aromatic N) is 3. The number of hydrogen-bond donors (Lipinski definition) is 2. The molecule has 0 unspecified atom stereocenters. The maximum Gasteiger partial charge on any atom is 0.270 e. The van der Waals surface area contributed by atoms with E-state index in [4.69, 9.17) is 11.6 Å². The number of benzene rings is 1. The third-order valence-corrected chi connectivity index (χ3v) is 3.30. The highest BCUT2D eigenvalue weighted by atomic mass is 35.5. The predicted molar refractivity (Wildman–Crippen MR) is 92.3 cm³/mol. The summed E-state index contributed by atoms with van der Waals surface area (Å²) in [5.74, 6) is 0.334. The quantitative estimate of drug-likeness (QED) is 0.762. The molecular weight excluding hydrogens is 314 g/mol. The SMILES string of the molecule is CN(C)CCCNC(=O)c1cc(Nc2cccc(Cl)c2)ncn1. The zero-order chi connectivity index (χ0) is 16.7. The number of rotatable bonds is 7. The molecule has 0 atom stereocenters. The molecule has 0 fully saturated rings. The Hall–Kier alpha value is -2.18. The number of nitrogens with one attached hydrogen (secondary N) is 2. The van der Waals surface area contributed by atoms with Crippen LogP contribution in [0.4, 0.5) is 11.5 Å². The van der Waals surface area contributed by atoms with Gasteiger partial charge in [0.2, 0.25) is 0 Å². The maximum absolute atomic E-state index is 12.1. The van der Waals surface area contributed by atoms with Crippen molar-refractivity contribution in [1.82, 2.24) is 20.2 Å². The molecule has 0 aliphatic heterocycles. The van der Waals surface area contributed by atoms with Gasteiger partial charge in [0.15, 0.2) is 0 Å². The number of hydrogen-bond acceptors (Lipinski definition) is 5. The van der Waals surface area contributed by atoms with E-state index in [2.05, 4.69) is 25.5 Å². The van der Waals surface area contributed by atoms with Gasteiger partial charge >= 0.3 is 0 Å². The molecule has 0 aliphatic rings. The van der Waals surface area contributed by atoms with Gasteiger partial charge in [0, 0.05) is 23.3 Å². The lowest BCUT2D eigenvalue weighted by molar-refractivity contribution is 0.0947. The molecule has 0 aliphatic carbocycles. The summed E-state index contributed by atoms with van der Waals surface area (Å²) in [7, 11) is 4.00. The molecule has 1 aromatic heterocycles. The van der Waals surface area contributed by atoms with Crippen molar-refractivity contribution in [3.05, 3.63) is 47.4 Å². The molecule has 2 rings (SSSR count). The third kappa shape index (κ3) is 5.84. The number of carbonyl (C=O) groups is 1. The van der Waals surface area contributed by atoms with Crippen LogP contribution in [0.5, 0.6) is 0 Å². The second-order valence-electron chi connectivity index (χ2n) is 5.34. The van der Waals surface area contributed by atoms with Crippen LogP contribution in [0.25, 0.3) is 0 Å². The second-order valence-corrected chi connectivity index (χ2v) is 5.77. The Kier molecular flexibility index (Phi) is 6.31. The molecule has 23 heavy (non-hydrogen) atoms. The van der Waals surface area contributed by atoms with Crippen molar-refractivity contribution in [2.75, 3.05) is 32.5 Å². The summed E-state index contributed by atoms with van der Waals surface area (Å²) in [4.78, 5) is 22.3. The Morgan fingerprint density at radius 3 is 2.83 bits per heavy atom. The van der Waals surface area contributed by atoms with Crippen LogP contribution in [-0.4, -0.2) is 48.0 Å². The summed E-state index contributed by atoms with van der Waals surface area (Å²) in [5.41, 5.74) is 1.13. The largest absolute Gasteiger partial charge is 0.351 e. The van der Waals surface area contributed by atoms with Crippen molar-refractivity contribution >= 4 is 29.0 Å². The Bertz CT molecular complexity index is 662. The molecule has 0 bridgehead atoms. The lowest BCUT2D eigenvalue weighted by atomic mass is 10.3. The summed E-state index contributed by atoms with van der Waals surface area (Å²) in [6.45, 7) is 1.53. The molecule has 7 heteroatoms. The van der Waals surface area contributed by atoms with Gasteiger partial charge in [-0.1, -0.05) is 17.7 Å². The van der Waals surface area contributed by atoms with Gasteiger partial charge in [-0.25, -0.2) is 9.97 Å². The van der Waals surface area contributed by atoms with Gasteiger partial charge in [0.1, 0.15) is 17.8 Å². The van der Waals surface area contributed by atoms with Crippen molar-refractivity contribution in [2.45, 2.75) is 6.42 Å². The number of anilines is 2. The van der Waals surface area contributed by atoms with Crippen LogP contribution in [0.3, 0.4) is 0 Å². The minimum absolute atomic E-state index is 0.208. The van der Waals surface area contributed by atoms with Crippen LogP contribution in [0, 0.1) is 0 Å². The van der Waals surface area contributed by atoms with E-state index in [-0.39, 0.29) is 5.91 Å². The summed E-state index contributed by atoms with van der Waals surface area (Å²) in [6, 6.07) is 8.89. The van der Waals surface area contributed by atoms with E-state index in [9.17, 15) is 4.79 Å². The van der Waals surface area contributed by atoms with Crippen LogP contribution < -0.4 is 10.6 Å². The first-order chi connectivity index (χ1) is 11.0. The Morgan fingerprint density at radius 1 is 1.26 bits per heavy atom. The molecule has 0 saturated carbocycles. The average Bonchev–Trinajstić information content (AvgIpc) is 2.51. The topological polar surface area (TPSA) is 70.2 Å². The molecule has 2 aromatic rings. The average molecular weight is 334 g/mol. The van der Waals surface area contributed by atoms with Crippen molar-refractivity contribution in [2.24, 2.45) is 0 Å². The van der Waals surface area contributed by atoms with Crippen molar-refractivity contribution < 1.29 is 4.79 Å². The normalized spacial score (nSPS) is 10.6. The summed E-state index contributed by atoms with van der Waals surface area (Å²) >= 11 is 5.95. The fourth-order valence-corrected chi connectivity index (χ4v) is 2.14. The third-order valence-electron chi connectivity index (χ3n) is 3.06. The molecule has 1 heterocycles. The molecule has 2 N–H and O–H groups in total.